The monoisotopic (exact) mass is 233 g/mol. The molecule has 86 valence electrons. The maximum absolute atomic E-state index is 10.3. The summed E-state index contributed by atoms with van der Waals surface area (Å²) in [5, 5.41) is 8.48. The standard InChI is InChI=1S/C10H16ClNO3/c1-8(3-11)4-12-6-10(2,7-12)15-5-9(13)14/h3H,4-7H2,1-2H3,(H,13,14). The first-order valence-electron chi connectivity index (χ1n) is 4.79. The second kappa shape index (κ2) is 4.96. The number of hydrogen-bond donors (Lipinski definition) is 1. The van der Waals surface area contributed by atoms with E-state index in [-0.39, 0.29) is 12.2 Å². The van der Waals surface area contributed by atoms with Crippen LogP contribution in [0.4, 0.5) is 0 Å². The highest BCUT2D eigenvalue weighted by molar-refractivity contribution is 6.25. The van der Waals surface area contributed by atoms with Crippen LogP contribution in [0.3, 0.4) is 0 Å². The molecule has 0 spiro atoms. The van der Waals surface area contributed by atoms with E-state index in [0.717, 1.165) is 25.2 Å². The maximum Gasteiger partial charge on any atom is 0.329 e. The van der Waals surface area contributed by atoms with Crippen LogP contribution in [0.15, 0.2) is 11.1 Å². The van der Waals surface area contributed by atoms with Gasteiger partial charge in [-0.25, -0.2) is 4.79 Å². The fourth-order valence-electron chi connectivity index (χ4n) is 1.73. The predicted molar refractivity (Wildman–Crippen MR) is 58.0 cm³/mol. The summed E-state index contributed by atoms with van der Waals surface area (Å²) in [4.78, 5) is 12.5. The van der Waals surface area contributed by atoms with E-state index in [1.54, 1.807) is 5.54 Å². The SMILES string of the molecule is CC(=CCl)CN1CC(C)(OCC(=O)O)C1. The van der Waals surface area contributed by atoms with E-state index in [1.165, 1.54) is 0 Å². The summed E-state index contributed by atoms with van der Waals surface area (Å²) in [6.07, 6.45) is 0. The number of nitrogens with zero attached hydrogens (tertiary/aromatic N) is 1. The molecule has 0 aromatic heterocycles. The minimum absolute atomic E-state index is 0.228. The molecule has 15 heavy (non-hydrogen) atoms. The summed E-state index contributed by atoms with van der Waals surface area (Å²) in [5.74, 6) is -0.925. The lowest BCUT2D eigenvalue weighted by Crippen LogP contribution is -2.61. The Kier molecular flexibility index (Phi) is 4.13. The van der Waals surface area contributed by atoms with Crippen molar-refractivity contribution in [1.29, 1.82) is 0 Å². The van der Waals surface area contributed by atoms with Gasteiger partial charge < -0.3 is 9.84 Å². The number of carboxylic acid groups (broad SMARTS) is 1. The molecule has 0 aliphatic carbocycles. The fourth-order valence-corrected chi connectivity index (χ4v) is 1.79. The van der Waals surface area contributed by atoms with Crippen molar-refractivity contribution in [3.63, 3.8) is 0 Å². The van der Waals surface area contributed by atoms with Gasteiger partial charge in [-0.05, 0) is 19.4 Å². The molecule has 1 heterocycles. The third-order valence-corrected chi connectivity index (χ3v) is 2.69. The lowest BCUT2D eigenvalue weighted by atomic mass is 9.96. The molecule has 0 aromatic carbocycles. The molecule has 0 unspecified atom stereocenters. The van der Waals surface area contributed by atoms with Crippen LogP contribution in [0.2, 0.25) is 0 Å². The quantitative estimate of drug-likeness (QED) is 0.778. The molecule has 0 bridgehead atoms. The van der Waals surface area contributed by atoms with E-state index in [1.807, 2.05) is 13.8 Å². The molecule has 4 nitrogen and oxygen atoms in total. The summed E-state index contributed by atoms with van der Waals surface area (Å²) < 4.78 is 5.28. The molecule has 0 radical (unpaired) electrons. The summed E-state index contributed by atoms with van der Waals surface area (Å²) in [6.45, 7) is 5.97. The van der Waals surface area contributed by atoms with Crippen molar-refractivity contribution >= 4 is 17.6 Å². The molecule has 0 amide bonds. The van der Waals surface area contributed by atoms with E-state index in [4.69, 9.17) is 21.4 Å². The minimum atomic E-state index is -0.925. The Labute approximate surface area is 94.5 Å². The number of hydrogen-bond acceptors (Lipinski definition) is 3. The molecule has 1 saturated heterocycles. The van der Waals surface area contributed by atoms with Gasteiger partial charge in [-0.3, -0.25) is 4.90 Å². The van der Waals surface area contributed by atoms with Crippen molar-refractivity contribution < 1.29 is 14.6 Å². The predicted octanol–water partition coefficient (Wildman–Crippen LogP) is 1.30. The molecule has 1 aliphatic heterocycles. The molecule has 5 heteroatoms. The normalized spacial score (nSPS) is 21.1. The molecule has 0 saturated carbocycles. The van der Waals surface area contributed by atoms with Crippen molar-refractivity contribution in [3.8, 4) is 0 Å². The molecular formula is C10H16ClNO3. The van der Waals surface area contributed by atoms with Crippen LogP contribution in [0.5, 0.6) is 0 Å². The van der Waals surface area contributed by atoms with E-state index in [0.29, 0.717) is 0 Å². The summed E-state index contributed by atoms with van der Waals surface area (Å²) in [5.41, 5.74) is 2.34. The second-order valence-corrected chi connectivity index (χ2v) is 4.45. The Hall–Kier alpha value is -0.580. The highest BCUT2D eigenvalue weighted by Crippen LogP contribution is 2.25. The zero-order valence-corrected chi connectivity index (χ0v) is 9.75. The summed E-state index contributed by atoms with van der Waals surface area (Å²) in [6, 6.07) is 0. The van der Waals surface area contributed by atoms with Crippen LogP contribution < -0.4 is 0 Å². The number of ether oxygens (including phenoxy) is 1. The van der Waals surface area contributed by atoms with Gasteiger partial charge in [0.1, 0.15) is 6.61 Å². The first-order chi connectivity index (χ1) is 6.95. The Bertz CT molecular complexity index is 272. The summed E-state index contributed by atoms with van der Waals surface area (Å²) in [7, 11) is 0. The molecule has 1 N–H and O–H groups in total. The summed E-state index contributed by atoms with van der Waals surface area (Å²) >= 11 is 5.55. The smallest absolute Gasteiger partial charge is 0.329 e. The van der Waals surface area contributed by atoms with Crippen LogP contribution in [-0.4, -0.2) is 47.8 Å². The number of halogens is 1. The van der Waals surface area contributed by atoms with Crippen molar-refractivity contribution in [2.45, 2.75) is 19.4 Å². The Morgan fingerprint density at radius 2 is 2.27 bits per heavy atom. The minimum Gasteiger partial charge on any atom is -0.480 e. The van der Waals surface area contributed by atoms with Gasteiger partial charge in [0.15, 0.2) is 0 Å². The topological polar surface area (TPSA) is 49.8 Å². The van der Waals surface area contributed by atoms with E-state index >= 15 is 0 Å². The van der Waals surface area contributed by atoms with Crippen molar-refractivity contribution in [3.05, 3.63) is 11.1 Å². The molecule has 0 atom stereocenters. The van der Waals surface area contributed by atoms with Gasteiger partial charge in [0, 0.05) is 25.2 Å². The lowest BCUT2D eigenvalue weighted by molar-refractivity contribution is -0.163. The average Bonchev–Trinajstić information content (AvgIpc) is 2.12. The van der Waals surface area contributed by atoms with Crippen LogP contribution in [0, 0.1) is 0 Å². The third-order valence-electron chi connectivity index (χ3n) is 2.32. The average molecular weight is 234 g/mol. The van der Waals surface area contributed by atoms with Gasteiger partial charge in [0.05, 0.1) is 5.60 Å². The van der Waals surface area contributed by atoms with Crippen LogP contribution in [-0.2, 0) is 9.53 Å². The number of carbonyl (C=O) groups is 1. The second-order valence-electron chi connectivity index (χ2n) is 4.23. The zero-order valence-electron chi connectivity index (χ0n) is 8.99. The fraction of sp³-hybridized carbons (Fsp3) is 0.700. The molecule has 1 aliphatic rings. The highest BCUT2D eigenvalue weighted by Gasteiger charge is 2.39. The van der Waals surface area contributed by atoms with Crippen molar-refractivity contribution in [1.82, 2.24) is 4.90 Å². The van der Waals surface area contributed by atoms with Crippen molar-refractivity contribution in [2.24, 2.45) is 0 Å². The first-order valence-corrected chi connectivity index (χ1v) is 5.23. The Balaban J connectivity index is 2.25. The number of rotatable bonds is 5. The number of carboxylic acids is 1. The van der Waals surface area contributed by atoms with E-state index in [9.17, 15) is 4.79 Å². The number of aliphatic carboxylic acids is 1. The van der Waals surface area contributed by atoms with Crippen LogP contribution >= 0.6 is 11.6 Å². The zero-order chi connectivity index (χ0) is 11.5. The van der Waals surface area contributed by atoms with Crippen LogP contribution in [0.25, 0.3) is 0 Å². The third kappa shape index (κ3) is 3.81. The molecular weight excluding hydrogens is 218 g/mol. The Morgan fingerprint density at radius 1 is 1.67 bits per heavy atom. The van der Waals surface area contributed by atoms with E-state index < -0.39 is 5.97 Å². The van der Waals surface area contributed by atoms with E-state index in [2.05, 4.69) is 4.90 Å². The van der Waals surface area contributed by atoms with Crippen molar-refractivity contribution in [2.75, 3.05) is 26.2 Å². The first kappa shape index (κ1) is 12.5. The largest absolute Gasteiger partial charge is 0.480 e. The van der Waals surface area contributed by atoms with Crippen LogP contribution in [0.1, 0.15) is 13.8 Å². The molecule has 0 aromatic rings. The highest BCUT2D eigenvalue weighted by atomic mass is 35.5. The lowest BCUT2D eigenvalue weighted by Gasteiger charge is -2.47. The Morgan fingerprint density at radius 3 is 2.73 bits per heavy atom. The molecule has 1 rings (SSSR count). The van der Waals surface area contributed by atoms with Gasteiger partial charge in [0.25, 0.3) is 0 Å². The maximum atomic E-state index is 10.3. The van der Waals surface area contributed by atoms with Gasteiger partial charge in [-0.1, -0.05) is 11.6 Å². The van der Waals surface area contributed by atoms with Gasteiger partial charge >= 0.3 is 5.97 Å². The molecule has 1 fully saturated rings. The van der Waals surface area contributed by atoms with Gasteiger partial charge in [0.2, 0.25) is 0 Å². The van der Waals surface area contributed by atoms with Gasteiger partial charge in [-0.2, -0.15) is 0 Å². The van der Waals surface area contributed by atoms with Gasteiger partial charge in [-0.15, -0.1) is 0 Å². The number of likely N-dealkylation sites (tertiary alicyclic amines) is 1.